The lowest BCUT2D eigenvalue weighted by atomic mass is 10.1. The van der Waals surface area contributed by atoms with E-state index in [1.807, 2.05) is 30.3 Å². The van der Waals surface area contributed by atoms with Gasteiger partial charge in [0.05, 0.1) is 31.0 Å². The molecule has 0 aliphatic carbocycles. The lowest BCUT2D eigenvalue weighted by molar-refractivity contribution is 0.0635. The number of methoxy groups -OCH3 is 1. The van der Waals surface area contributed by atoms with E-state index >= 15 is 0 Å². The SMILES string of the molecule is COc1cc(C(=O)N2CCCC2CO)c(NC(=O)OC(C)(C)C)cc1OCc1ccccc1. The minimum absolute atomic E-state index is 0.115. The zero-order chi connectivity index (χ0) is 24.0. The summed E-state index contributed by atoms with van der Waals surface area (Å²) in [6.07, 6.45) is 0.851. The number of nitrogens with zero attached hydrogens (tertiary/aromatic N) is 1. The van der Waals surface area contributed by atoms with Crippen molar-refractivity contribution >= 4 is 17.7 Å². The van der Waals surface area contributed by atoms with E-state index in [2.05, 4.69) is 5.32 Å². The summed E-state index contributed by atoms with van der Waals surface area (Å²) in [7, 11) is 1.49. The number of hydrogen-bond acceptors (Lipinski definition) is 6. The summed E-state index contributed by atoms with van der Waals surface area (Å²) in [5.74, 6) is 0.443. The standard InChI is InChI=1S/C25H32N2O6/c1-25(2,3)33-24(30)26-20-14-22(32-16-17-9-6-5-7-10-17)21(31-4)13-19(20)23(29)27-12-8-11-18(27)15-28/h5-7,9-10,13-14,18,28H,8,11-12,15-16H2,1-4H3,(H,26,30). The number of nitrogens with one attached hydrogen (secondary N) is 1. The van der Waals surface area contributed by atoms with Crippen molar-refractivity contribution in [1.82, 2.24) is 4.90 Å². The van der Waals surface area contributed by atoms with Crippen LogP contribution in [0.3, 0.4) is 0 Å². The summed E-state index contributed by atoms with van der Waals surface area (Å²) >= 11 is 0. The quantitative estimate of drug-likeness (QED) is 0.648. The number of hydrogen-bond donors (Lipinski definition) is 2. The molecule has 0 saturated carbocycles. The Morgan fingerprint density at radius 1 is 1.15 bits per heavy atom. The van der Waals surface area contributed by atoms with E-state index in [-0.39, 0.29) is 36.4 Å². The molecule has 1 heterocycles. The summed E-state index contributed by atoms with van der Waals surface area (Å²) in [6, 6.07) is 12.5. The number of aliphatic hydroxyl groups excluding tert-OH is 1. The van der Waals surface area contributed by atoms with E-state index in [0.29, 0.717) is 18.0 Å². The van der Waals surface area contributed by atoms with E-state index in [1.165, 1.54) is 7.11 Å². The highest BCUT2D eigenvalue weighted by Gasteiger charge is 2.31. The van der Waals surface area contributed by atoms with Gasteiger partial charge in [-0.25, -0.2) is 4.79 Å². The van der Waals surface area contributed by atoms with Gasteiger partial charge in [-0.1, -0.05) is 30.3 Å². The first-order valence-corrected chi connectivity index (χ1v) is 11.0. The smallest absolute Gasteiger partial charge is 0.412 e. The van der Waals surface area contributed by atoms with E-state index in [4.69, 9.17) is 14.2 Å². The normalized spacial score (nSPS) is 15.8. The summed E-state index contributed by atoms with van der Waals surface area (Å²) in [5, 5.41) is 12.4. The maximum atomic E-state index is 13.4. The Hall–Kier alpha value is -3.26. The molecule has 0 spiro atoms. The molecule has 2 amide bonds. The summed E-state index contributed by atoms with van der Waals surface area (Å²) in [6.45, 7) is 5.99. The zero-order valence-electron chi connectivity index (χ0n) is 19.6. The number of amides is 2. The molecule has 178 valence electrons. The van der Waals surface area contributed by atoms with Gasteiger partial charge < -0.3 is 24.2 Å². The second kappa shape index (κ2) is 10.6. The third kappa shape index (κ3) is 6.38. The number of benzene rings is 2. The fraction of sp³-hybridized carbons (Fsp3) is 0.440. The lowest BCUT2D eigenvalue weighted by Gasteiger charge is -2.25. The van der Waals surface area contributed by atoms with Crippen molar-refractivity contribution in [3.63, 3.8) is 0 Å². The molecule has 0 aromatic heterocycles. The van der Waals surface area contributed by atoms with Crippen LogP contribution in [0.5, 0.6) is 11.5 Å². The lowest BCUT2D eigenvalue weighted by Crippen LogP contribution is -2.38. The van der Waals surface area contributed by atoms with Gasteiger partial charge in [-0.3, -0.25) is 10.1 Å². The van der Waals surface area contributed by atoms with Crippen molar-refractivity contribution in [2.24, 2.45) is 0 Å². The van der Waals surface area contributed by atoms with Gasteiger partial charge in [0.25, 0.3) is 5.91 Å². The maximum Gasteiger partial charge on any atom is 0.412 e. The number of ether oxygens (including phenoxy) is 3. The molecule has 8 nitrogen and oxygen atoms in total. The van der Waals surface area contributed by atoms with E-state index in [1.54, 1.807) is 37.8 Å². The fourth-order valence-corrected chi connectivity index (χ4v) is 3.71. The molecule has 0 radical (unpaired) electrons. The van der Waals surface area contributed by atoms with Crippen LogP contribution in [-0.2, 0) is 11.3 Å². The van der Waals surface area contributed by atoms with Crippen molar-refractivity contribution in [3.05, 3.63) is 53.6 Å². The number of rotatable bonds is 7. The monoisotopic (exact) mass is 456 g/mol. The second-order valence-electron chi connectivity index (χ2n) is 8.93. The highest BCUT2D eigenvalue weighted by atomic mass is 16.6. The molecule has 1 fully saturated rings. The second-order valence-corrected chi connectivity index (χ2v) is 8.93. The van der Waals surface area contributed by atoms with Gasteiger partial charge in [-0.15, -0.1) is 0 Å². The van der Waals surface area contributed by atoms with Gasteiger partial charge >= 0.3 is 6.09 Å². The molecule has 1 aliphatic heterocycles. The molecule has 33 heavy (non-hydrogen) atoms. The Balaban J connectivity index is 1.95. The first kappa shape index (κ1) is 24.4. The van der Waals surface area contributed by atoms with Crippen LogP contribution in [0.1, 0.15) is 49.5 Å². The van der Waals surface area contributed by atoms with Gasteiger partial charge in [0.15, 0.2) is 11.5 Å². The van der Waals surface area contributed by atoms with Crippen molar-refractivity contribution in [1.29, 1.82) is 0 Å². The Morgan fingerprint density at radius 3 is 2.52 bits per heavy atom. The van der Waals surface area contributed by atoms with Crippen molar-refractivity contribution in [2.75, 3.05) is 25.6 Å². The Bertz CT molecular complexity index is 971. The maximum absolute atomic E-state index is 13.4. The van der Waals surface area contributed by atoms with Crippen molar-refractivity contribution in [2.45, 2.75) is 51.9 Å². The molecule has 0 bridgehead atoms. The Morgan fingerprint density at radius 2 is 1.88 bits per heavy atom. The molecular weight excluding hydrogens is 424 g/mol. The first-order chi connectivity index (χ1) is 15.7. The molecule has 1 saturated heterocycles. The summed E-state index contributed by atoms with van der Waals surface area (Å²) < 4.78 is 16.8. The van der Waals surface area contributed by atoms with Crippen LogP contribution >= 0.6 is 0 Å². The molecule has 2 N–H and O–H groups in total. The van der Waals surface area contributed by atoms with Crippen LogP contribution in [0, 0.1) is 0 Å². The predicted molar refractivity (Wildman–Crippen MR) is 125 cm³/mol. The van der Waals surface area contributed by atoms with Crippen LogP contribution in [0.4, 0.5) is 10.5 Å². The highest BCUT2D eigenvalue weighted by molar-refractivity contribution is 6.03. The first-order valence-electron chi connectivity index (χ1n) is 11.0. The van der Waals surface area contributed by atoms with Gasteiger partial charge in [0.1, 0.15) is 12.2 Å². The third-order valence-corrected chi connectivity index (χ3v) is 5.26. The topological polar surface area (TPSA) is 97.3 Å². The third-order valence-electron chi connectivity index (χ3n) is 5.26. The van der Waals surface area contributed by atoms with Crippen LogP contribution in [0.2, 0.25) is 0 Å². The largest absolute Gasteiger partial charge is 0.493 e. The van der Waals surface area contributed by atoms with E-state index < -0.39 is 11.7 Å². The van der Waals surface area contributed by atoms with Gasteiger partial charge in [-0.05, 0) is 45.2 Å². The predicted octanol–water partition coefficient (Wildman–Crippen LogP) is 4.22. The molecule has 2 aromatic rings. The fourth-order valence-electron chi connectivity index (χ4n) is 3.71. The van der Waals surface area contributed by atoms with Crippen LogP contribution in [0.15, 0.2) is 42.5 Å². The summed E-state index contributed by atoms with van der Waals surface area (Å²) in [5.41, 5.74) is 0.751. The number of aliphatic hydroxyl groups is 1. The average molecular weight is 457 g/mol. The number of likely N-dealkylation sites (tertiary alicyclic amines) is 1. The molecule has 1 unspecified atom stereocenters. The molecule has 1 atom stereocenters. The minimum Gasteiger partial charge on any atom is -0.493 e. The van der Waals surface area contributed by atoms with Gasteiger partial charge in [-0.2, -0.15) is 0 Å². The molecule has 2 aromatic carbocycles. The number of anilines is 1. The molecule has 1 aliphatic rings. The summed E-state index contributed by atoms with van der Waals surface area (Å²) in [4.78, 5) is 27.5. The highest BCUT2D eigenvalue weighted by Crippen LogP contribution is 2.36. The van der Waals surface area contributed by atoms with Gasteiger partial charge in [0, 0.05) is 12.6 Å². The van der Waals surface area contributed by atoms with Crippen molar-refractivity contribution < 1.29 is 28.9 Å². The zero-order valence-corrected chi connectivity index (χ0v) is 19.6. The number of carbonyl (C=O) groups is 2. The molecular formula is C25H32N2O6. The minimum atomic E-state index is -0.704. The van der Waals surface area contributed by atoms with Gasteiger partial charge in [0.2, 0.25) is 0 Å². The van der Waals surface area contributed by atoms with Crippen LogP contribution in [-0.4, -0.2) is 53.9 Å². The van der Waals surface area contributed by atoms with Crippen molar-refractivity contribution in [3.8, 4) is 11.5 Å². The average Bonchev–Trinajstić information content (AvgIpc) is 3.25. The van der Waals surface area contributed by atoms with Crippen LogP contribution in [0.25, 0.3) is 0 Å². The molecule has 3 rings (SSSR count). The van der Waals surface area contributed by atoms with E-state index in [0.717, 1.165) is 18.4 Å². The van der Waals surface area contributed by atoms with E-state index in [9.17, 15) is 14.7 Å². The number of carbonyl (C=O) groups excluding carboxylic acids is 2. The Kier molecular flexibility index (Phi) is 7.81. The Labute approximate surface area is 194 Å². The van der Waals surface area contributed by atoms with Crippen LogP contribution < -0.4 is 14.8 Å². The molecule has 8 heteroatoms.